The molecule has 2 rings (SSSR count). The predicted molar refractivity (Wildman–Crippen MR) is 80.5 cm³/mol. The first-order valence-corrected chi connectivity index (χ1v) is 7.10. The van der Waals surface area contributed by atoms with Gasteiger partial charge in [-0.2, -0.15) is 0 Å². The van der Waals surface area contributed by atoms with Crippen molar-refractivity contribution in [1.29, 1.82) is 0 Å². The zero-order chi connectivity index (χ0) is 14.4. The molecule has 1 saturated heterocycles. The van der Waals surface area contributed by atoms with Crippen LogP contribution in [-0.4, -0.2) is 59.7 Å². The van der Waals surface area contributed by atoms with Crippen LogP contribution in [0.5, 0.6) is 0 Å². The number of hydrogen-bond donors (Lipinski definition) is 2. The third kappa shape index (κ3) is 4.59. The number of piperazine rings is 1. The molecule has 2 heterocycles. The molecular formula is C15H24N4O. The molecule has 5 heteroatoms. The molecule has 3 N–H and O–H groups in total. The number of allylic oxidation sites excluding steroid dienone is 1. The van der Waals surface area contributed by atoms with Gasteiger partial charge in [-0.05, 0) is 30.8 Å². The maximum atomic E-state index is 9.37. The Morgan fingerprint density at radius 1 is 1.40 bits per heavy atom. The lowest BCUT2D eigenvalue weighted by molar-refractivity contribution is 0.148. The molecular weight excluding hydrogens is 252 g/mol. The van der Waals surface area contributed by atoms with Crippen molar-refractivity contribution in [2.45, 2.75) is 13.0 Å². The summed E-state index contributed by atoms with van der Waals surface area (Å²) in [5, 5.41) is 9.37. The van der Waals surface area contributed by atoms with Crippen molar-refractivity contribution >= 4 is 0 Å². The number of aliphatic hydroxyl groups excluding tert-OH is 1. The first-order valence-electron chi connectivity index (χ1n) is 7.10. The quantitative estimate of drug-likeness (QED) is 0.778. The highest BCUT2D eigenvalue weighted by atomic mass is 16.3. The van der Waals surface area contributed by atoms with Crippen LogP contribution in [0.15, 0.2) is 30.2 Å². The van der Waals surface area contributed by atoms with Crippen LogP contribution in [0.3, 0.4) is 0 Å². The molecule has 5 nitrogen and oxygen atoms in total. The second kappa shape index (κ2) is 7.38. The molecule has 0 radical (unpaired) electrons. The molecule has 0 amide bonds. The second-order valence-corrected chi connectivity index (χ2v) is 5.34. The zero-order valence-electron chi connectivity index (χ0n) is 12.1. The van der Waals surface area contributed by atoms with Crippen molar-refractivity contribution in [3.63, 3.8) is 0 Å². The second-order valence-electron chi connectivity index (χ2n) is 5.34. The third-order valence-corrected chi connectivity index (χ3v) is 3.64. The van der Waals surface area contributed by atoms with Crippen molar-refractivity contribution in [3.05, 3.63) is 41.4 Å². The van der Waals surface area contributed by atoms with Gasteiger partial charge in [0.25, 0.3) is 0 Å². The minimum absolute atomic E-state index is 0.182. The summed E-state index contributed by atoms with van der Waals surface area (Å²) in [6, 6.07) is 4.17. The minimum Gasteiger partial charge on any atom is -0.511 e. The van der Waals surface area contributed by atoms with Gasteiger partial charge in [0.05, 0.1) is 6.54 Å². The summed E-state index contributed by atoms with van der Waals surface area (Å²) >= 11 is 0. The average Bonchev–Trinajstić information content (AvgIpc) is 2.47. The van der Waals surface area contributed by atoms with E-state index in [0.717, 1.165) is 38.4 Å². The Labute approximate surface area is 120 Å². The minimum atomic E-state index is 0.182. The van der Waals surface area contributed by atoms with Crippen molar-refractivity contribution in [3.8, 4) is 0 Å². The van der Waals surface area contributed by atoms with E-state index in [1.54, 1.807) is 6.08 Å². The number of nitrogens with zero attached hydrogens (tertiary/aromatic N) is 3. The standard InChI is InChI=1S/C15H24N4O/c1-18-6-8-19(9-7-18)12-13-4-5-17-14(10-13)2-3-15(20)11-16/h3-5,10,20H,2,6-9,11-12,16H2,1H3. The lowest BCUT2D eigenvalue weighted by atomic mass is 10.1. The maximum absolute atomic E-state index is 9.37. The first kappa shape index (κ1) is 15.0. The Morgan fingerprint density at radius 2 is 2.15 bits per heavy atom. The Bertz CT molecular complexity index is 453. The number of rotatable bonds is 5. The van der Waals surface area contributed by atoms with Gasteiger partial charge in [-0.15, -0.1) is 0 Å². The number of likely N-dealkylation sites (N-methyl/N-ethyl adjacent to an activating group) is 1. The van der Waals surface area contributed by atoms with Crippen LogP contribution in [0.25, 0.3) is 0 Å². The fourth-order valence-corrected chi connectivity index (χ4v) is 2.31. The van der Waals surface area contributed by atoms with E-state index in [0.29, 0.717) is 6.42 Å². The highest BCUT2D eigenvalue weighted by Crippen LogP contribution is 2.09. The summed E-state index contributed by atoms with van der Waals surface area (Å²) in [4.78, 5) is 9.15. The fourth-order valence-electron chi connectivity index (χ4n) is 2.31. The van der Waals surface area contributed by atoms with Gasteiger partial charge in [-0.3, -0.25) is 9.88 Å². The van der Waals surface area contributed by atoms with Gasteiger partial charge in [0.15, 0.2) is 0 Å². The normalized spacial score (nSPS) is 18.4. The highest BCUT2D eigenvalue weighted by Gasteiger charge is 2.13. The molecule has 0 spiro atoms. The van der Waals surface area contributed by atoms with E-state index < -0.39 is 0 Å². The average molecular weight is 276 g/mol. The van der Waals surface area contributed by atoms with Gasteiger partial charge in [-0.25, -0.2) is 0 Å². The van der Waals surface area contributed by atoms with Crippen molar-refractivity contribution in [2.75, 3.05) is 39.8 Å². The lowest BCUT2D eigenvalue weighted by Crippen LogP contribution is -2.43. The van der Waals surface area contributed by atoms with E-state index in [-0.39, 0.29) is 12.3 Å². The molecule has 0 saturated carbocycles. The van der Waals surface area contributed by atoms with Crippen LogP contribution in [0.2, 0.25) is 0 Å². The van der Waals surface area contributed by atoms with Crippen LogP contribution < -0.4 is 5.73 Å². The lowest BCUT2D eigenvalue weighted by Gasteiger charge is -2.32. The van der Waals surface area contributed by atoms with Crippen LogP contribution in [-0.2, 0) is 13.0 Å². The van der Waals surface area contributed by atoms with Crippen LogP contribution in [0.1, 0.15) is 11.3 Å². The highest BCUT2D eigenvalue weighted by molar-refractivity contribution is 5.18. The van der Waals surface area contributed by atoms with Gasteiger partial charge >= 0.3 is 0 Å². The number of hydrogen-bond acceptors (Lipinski definition) is 5. The molecule has 1 aliphatic heterocycles. The van der Waals surface area contributed by atoms with Gasteiger partial charge in [0.2, 0.25) is 0 Å². The molecule has 0 aliphatic carbocycles. The molecule has 0 bridgehead atoms. The topological polar surface area (TPSA) is 65.6 Å². The number of aromatic nitrogens is 1. The fraction of sp³-hybridized carbons (Fsp3) is 0.533. The van der Waals surface area contributed by atoms with Crippen molar-refractivity contribution in [2.24, 2.45) is 5.73 Å². The SMILES string of the molecule is CN1CCN(Cc2ccnc(CC=C(O)CN)c2)CC1. The van der Waals surface area contributed by atoms with Crippen LogP contribution in [0.4, 0.5) is 0 Å². The number of aliphatic hydroxyl groups is 1. The molecule has 1 aromatic heterocycles. The Hall–Kier alpha value is -1.43. The van der Waals surface area contributed by atoms with E-state index in [9.17, 15) is 5.11 Å². The summed E-state index contributed by atoms with van der Waals surface area (Å²) in [5.41, 5.74) is 7.60. The zero-order valence-corrected chi connectivity index (χ0v) is 12.1. The smallest absolute Gasteiger partial charge is 0.102 e. The molecule has 1 fully saturated rings. The number of nitrogens with two attached hydrogens (primary N) is 1. The van der Waals surface area contributed by atoms with E-state index in [1.807, 2.05) is 6.20 Å². The van der Waals surface area contributed by atoms with E-state index in [2.05, 4.69) is 34.0 Å². The third-order valence-electron chi connectivity index (χ3n) is 3.64. The van der Waals surface area contributed by atoms with Gasteiger partial charge in [-0.1, -0.05) is 0 Å². The molecule has 20 heavy (non-hydrogen) atoms. The predicted octanol–water partition coefficient (Wildman–Crippen LogP) is 0.772. The monoisotopic (exact) mass is 276 g/mol. The summed E-state index contributed by atoms with van der Waals surface area (Å²) in [6.45, 7) is 5.64. The van der Waals surface area contributed by atoms with Crippen molar-refractivity contribution < 1.29 is 5.11 Å². The van der Waals surface area contributed by atoms with E-state index in [1.165, 1.54) is 5.56 Å². The molecule has 0 aromatic carbocycles. The molecule has 0 atom stereocenters. The summed E-state index contributed by atoms with van der Waals surface area (Å²) < 4.78 is 0. The van der Waals surface area contributed by atoms with Gasteiger partial charge in [0.1, 0.15) is 5.76 Å². The van der Waals surface area contributed by atoms with E-state index >= 15 is 0 Å². The molecule has 1 aromatic rings. The Morgan fingerprint density at radius 3 is 2.85 bits per heavy atom. The molecule has 1 aliphatic rings. The van der Waals surface area contributed by atoms with Gasteiger partial charge < -0.3 is 15.7 Å². The summed E-state index contributed by atoms with van der Waals surface area (Å²) in [5.74, 6) is 0.219. The van der Waals surface area contributed by atoms with Crippen LogP contribution >= 0.6 is 0 Å². The first-order chi connectivity index (χ1) is 9.67. The maximum Gasteiger partial charge on any atom is 0.102 e. The Kier molecular flexibility index (Phi) is 5.52. The summed E-state index contributed by atoms with van der Waals surface area (Å²) in [6.07, 6.45) is 4.19. The molecule has 0 unspecified atom stereocenters. The Balaban J connectivity index is 1.92. The van der Waals surface area contributed by atoms with Crippen LogP contribution in [0, 0.1) is 0 Å². The number of pyridine rings is 1. The largest absolute Gasteiger partial charge is 0.511 e. The summed E-state index contributed by atoms with van der Waals surface area (Å²) in [7, 11) is 2.16. The van der Waals surface area contributed by atoms with Crippen molar-refractivity contribution in [1.82, 2.24) is 14.8 Å². The molecule has 110 valence electrons. The van der Waals surface area contributed by atoms with Gasteiger partial charge in [0, 0.05) is 51.0 Å². The van der Waals surface area contributed by atoms with E-state index in [4.69, 9.17) is 5.73 Å².